The van der Waals surface area contributed by atoms with Crippen LogP contribution in [0.3, 0.4) is 0 Å². The standard InChI is InChI=1S/C12H9BF6O6S/c13-4-7-2-1-6(3-8(7)20)9(21)25-10(11(14,15)16,12(17,18)19)5-26(22,23)24/h1-3,20H,4-5H2,(H,22,23,24). The van der Waals surface area contributed by atoms with Gasteiger partial charge in [0.15, 0.2) is 0 Å². The molecule has 0 aliphatic heterocycles. The van der Waals surface area contributed by atoms with Crippen LogP contribution in [0.1, 0.15) is 15.9 Å². The van der Waals surface area contributed by atoms with Crippen LogP contribution < -0.4 is 0 Å². The highest BCUT2D eigenvalue weighted by atomic mass is 32.2. The maximum Gasteiger partial charge on any atom is 0.438 e. The highest BCUT2D eigenvalue weighted by Crippen LogP contribution is 2.47. The van der Waals surface area contributed by atoms with Crippen LogP contribution >= 0.6 is 0 Å². The first-order valence-electron chi connectivity index (χ1n) is 6.38. The number of carbonyl (C=O) groups is 1. The van der Waals surface area contributed by atoms with Crippen LogP contribution in [-0.4, -0.2) is 55.6 Å². The van der Waals surface area contributed by atoms with Crippen molar-refractivity contribution < 1.29 is 54.0 Å². The largest absolute Gasteiger partial charge is 0.508 e. The Kier molecular flexibility index (Phi) is 5.93. The molecule has 6 nitrogen and oxygen atoms in total. The highest BCUT2D eigenvalue weighted by Gasteiger charge is 2.76. The molecule has 0 amide bonds. The average Bonchev–Trinajstić information content (AvgIpc) is 2.42. The number of halogens is 6. The molecule has 0 spiro atoms. The summed E-state index contributed by atoms with van der Waals surface area (Å²) in [5, 5.41) is 9.48. The van der Waals surface area contributed by atoms with Crippen molar-refractivity contribution in [2.45, 2.75) is 24.3 Å². The normalized spacial score (nSPS) is 13.5. The van der Waals surface area contributed by atoms with Gasteiger partial charge >= 0.3 is 23.9 Å². The predicted molar refractivity (Wildman–Crippen MR) is 74.2 cm³/mol. The van der Waals surface area contributed by atoms with E-state index in [1.165, 1.54) is 0 Å². The Balaban J connectivity index is 3.45. The van der Waals surface area contributed by atoms with Gasteiger partial charge in [-0.2, -0.15) is 34.8 Å². The Bertz CT molecular complexity index is 774. The average molecular weight is 406 g/mol. The lowest BCUT2D eigenvalue weighted by Crippen LogP contribution is -2.63. The summed E-state index contributed by atoms with van der Waals surface area (Å²) in [7, 11) is -0.684. The predicted octanol–water partition coefficient (Wildman–Crippen LogP) is 1.97. The zero-order valence-electron chi connectivity index (χ0n) is 12.4. The van der Waals surface area contributed by atoms with Gasteiger partial charge in [0.2, 0.25) is 0 Å². The quantitative estimate of drug-likeness (QED) is 0.336. The van der Waals surface area contributed by atoms with Crippen LogP contribution in [0.4, 0.5) is 26.3 Å². The van der Waals surface area contributed by atoms with E-state index in [0.717, 1.165) is 12.1 Å². The maximum atomic E-state index is 13.0. The zero-order valence-corrected chi connectivity index (χ0v) is 13.2. The van der Waals surface area contributed by atoms with Gasteiger partial charge in [0.25, 0.3) is 10.1 Å². The number of phenolic OH excluding ortho intramolecular Hbond substituents is 1. The Morgan fingerprint density at radius 3 is 1.96 bits per heavy atom. The maximum absolute atomic E-state index is 13.0. The van der Waals surface area contributed by atoms with Crippen molar-refractivity contribution in [1.82, 2.24) is 0 Å². The Hall–Kier alpha value is -1.96. The number of benzene rings is 1. The fraction of sp³-hybridized carbons (Fsp3) is 0.417. The zero-order chi connectivity index (χ0) is 20.6. The molecule has 14 heteroatoms. The van der Waals surface area contributed by atoms with E-state index >= 15 is 0 Å². The fourth-order valence-electron chi connectivity index (χ4n) is 1.81. The molecule has 0 saturated heterocycles. The van der Waals surface area contributed by atoms with Gasteiger partial charge in [0.05, 0.1) is 13.4 Å². The fourth-order valence-corrected chi connectivity index (χ4v) is 2.71. The number of ether oxygens (including phenoxy) is 1. The van der Waals surface area contributed by atoms with Crippen molar-refractivity contribution in [3.63, 3.8) is 0 Å². The smallest absolute Gasteiger partial charge is 0.438 e. The minimum atomic E-state index is -6.43. The molecule has 0 fully saturated rings. The van der Waals surface area contributed by atoms with E-state index in [0.29, 0.717) is 6.07 Å². The third-order valence-electron chi connectivity index (χ3n) is 3.11. The van der Waals surface area contributed by atoms with Gasteiger partial charge in [-0.3, -0.25) is 4.55 Å². The van der Waals surface area contributed by atoms with Crippen LogP contribution in [0.5, 0.6) is 5.75 Å². The van der Waals surface area contributed by atoms with Gasteiger partial charge in [-0.25, -0.2) is 4.79 Å². The number of carbonyl (C=O) groups excluding carboxylic acids is 1. The topological polar surface area (TPSA) is 101 Å². The first-order chi connectivity index (χ1) is 11.5. The van der Waals surface area contributed by atoms with Crippen LogP contribution in [0.2, 0.25) is 0 Å². The summed E-state index contributed by atoms with van der Waals surface area (Å²) in [6, 6.07) is 2.16. The van der Waals surface area contributed by atoms with E-state index in [9.17, 15) is 44.7 Å². The lowest BCUT2D eigenvalue weighted by Gasteiger charge is -2.35. The number of hydrogen-bond donors (Lipinski definition) is 2. The van der Waals surface area contributed by atoms with Gasteiger partial charge in [0.1, 0.15) is 11.5 Å². The number of alkyl halides is 6. The number of rotatable bonds is 5. The summed E-state index contributed by atoms with van der Waals surface area (Å²) in [4.78, 5) is 11.8. The molecule has 0 bridgehead atoms. The molecule has 0 aliphatic carbocycles. The van der Waals surface area contributed by atoms with E-state index in [4.69, 9.17) is 12.4 Å². The third kappa shape index (κ3) is 4.61. The molecular formula is C12H9BF6O6S. The molecule has 0 unspecified atom stereocenters. The van der Waals surface area contributed by atoms with Crippen molar-refractivity contribution in [1.29, 1.82) is 0 Å². The number of hydrogen-bond acceptors (Lipinski definition) is 5. The van der Waals surface area contributed by atoms with Crippen molar-refractivity contribution in [3.8, 4) is 5.75 Å². The summed E-state index contributed by atoms with van der Waals surface area (Å²) >= 11 is 0. The van der Waals surface area contributed by atoms with Gasteiger partial charge in [-0.15, -0.1) is 0 Å². The second-order valence-corrected chi connectivity index (χ2v) is 6.44. The molecule has 0 atom stereocenters. The summed E-state index contributed by atoms with van der Waals surface area (Å²) in [6.45, 7) is 0. The minimum absolute atomic E-state index is 0.0254. The summed E-state index contributed by atoms with van der Waals surface area (Å²) in [5.74, 6) is -5.94. The molecule has 1 rings (SSSR count). The Morgan fingerprint density at radius 2 is 1.62 bits per heavy atom. The molecule has 1 aromatic carbocycles. The third-order valence-corrected chi connectivity index (χ3v) is 3.88. The van der Waals surface area contributed by atoms with Gasteiger partial charge in [-0.05, 0) is 17.7 Å². The SMILES string of the molecule is [B]Cc1ccc(C(=O)OC(CS(=O)(=O)O)(C(F)(F)F)C(F)(F)F)cc1O. The number of phenols is 1. The highest BCUT2D eigenvalue weighted by molar-refractivity contribution is 7.85. The van der Waals surface area contributed by atoms with Gasteiger partial charge in [-0.1, -0.05) is 12.4 Å². The summed E-state index contributed by atoms with van der Waals surface area (Å²) in [6.07, 6.45) is -13.1. The molecule has 0 aliphatic rings. The number of esters is 1. The van der Waals surface area contributed by atoms with Crippen LogP contribution in [0, 0.1) is 0 Å². The van der Waals surface area contributed by atoms with E-state index in [1.54, 1.807) is 0 Å². The van der Waals surface area contributed by atoms with Gasteiger partial charge in [0, 0.05) is 0 Å². The van der Waals surface area contributed by atoms with Crippen molar-refractivity contribution in [2.75, 3.05) is 5.75 Å². The molecule has 26 heavy (non-hydrogen) atoms. The molecule has 2 N–H and O–H groups in total. The van der Waals surface area contributed by atoms with Crippen LogP contribution in [-0.2, 0) is 21.2 Å². The van der Waals surface area contributed by atoms with Gasteiger partial charge < -0.3 is 9.84 Å². The summed E-state index contributed by atoms with van der Waals surface area (Å²) < 4.78 is 112. The van der Waals surface area contributed by atoms with Crippen LogP contribution in [0.15, 0.2) is 18.2 Å². The monoisotopic (exact) mass is 406 g/mol. The first kappa shape index (κ1) is 22.1. The molecule has 2 radical (unpaired) electrons. The Labute approximate surface area is 143 Å². The van der Waals surface area contributed by atoms with E-state index < -0.39 is 51.1 Å². The van der Waals surface area contributed by atoms with E-state index in [2.05, 4.69) is 4.74 Å². The van der Waals surface area contributed by atoms with E-state index in [-0.39, 0.29) is 11.9 Å². The van der Waals surface area contributed by atoms with Crippen molar-refractivity contribution in [2.24, 2.45) is 0 Å². The van der Waals surface area contributed by atoms with Crippen LogP contribution in [0.25, 0.3) is 0 Å². The molecule has 0 heterocycles. The summed E-state index contributed by atoms with van der Waals surface area (Å²) in [5.41, 5.74) is -6.43. The molecule has 1 aromatic rings. The van der Waals surface area contributed by atoms with E-state index in [1.807, 2.05) is 0 Å². The first-order valence-corrected chi connectivity index (χ1v) is 7.99. The number of aromatic hydroxyl groups is 1. The molecular weight excluding hydrogens is 397 g/mol. The molecule has 0 saturated carbocycles. The second kappa shape index (κ2) is 6.98. The second-order valence-electron chi connectivity index (χ2n) is 4.99. The molecule has 0 aromatic heterocycles. The van der Waals surface area contributed by atoms with Crippen molar-refractivity contribution in [3.05, 3.63) is 29.3 Å². The minimum Gasteiger partial charge on any atom is -0.508 e. The van der Waals surface area contributed by atoms with Crippen molar-refractivity contribution >= 4 is 23.9 Å². The lowest BCUT2D eigenvalue weighted by atomic mass is 9.95. The lowest BCUT2D eigenvalue weighted by molar-refractivity contribution is -0.356. The Morgan fingerprint density at radius 1 is 1.12 bits per heavy atom. The molecule has 144 valence electrons.